The van der Waals surface area contributed by atoms with Crippen LogP contribution in [-0.2, 0) is 9.59 Å². The number of para-hydroxylation sites is 1. The van der Waals surface area contributed by atoms with Crippen LogP contribution in [0, 0.1) is 12.7 Å². The Morgan fingerprint density at radius 2 is 1.92 bits per heavy atom. The Bertz CT molecular complexity index is 797. The predicted molar refractivity (Wildman–Crippen MR) is 96.6 cm³/mol. The molecule has 1 aliphatic heterocycles. The van der Waals surface area contributed by atoms with Crippen LogP contribution in [0.15, 0.2) is 48.5 Å². The van der Waals surface area contributed by atoms with Crippen molar-refractivity contribution in [2.75, 3.05) is 11.9 Å². The summed E-state index contributed by atoms with van der Waals surface area (Å²) < 4.78 is 13.4. The summed E-state index contributed by atoms with van der Waals surface area (Å²) in [6, 6.07) is 13.4. The van der Waals surface area contributed by atoms with Crippen LogP contribution in [0.3, 0.4) is 0 Å². The zero-order valence-corrected chi connectivity index (χ0v) is 14.4. The second-order valence-electron chi connectivity index (χ2n) is 6.27. The third-order valence-electron chi connectivity index (χ3n) is 4.28. The van der Waals surface area contributed by atoms with E-state index in [-0.39, 0.29) is 30.2 Å². The van der Waals surface area contributed by atoms with Crippen LogP contribution in [0.2, 0.25) is 0 Å². The Hall–Kier alpha value is -2.77. The Labute approximate surface area is 151 Å². The topological polar surface area (TPSA) is 82.3 Å². The number of hydrazine groups is 1. The standard InChI is InChI=1S/C19H21FN4O2/c1-12-9-13(7-8-15(12)20)16-10-17(24-23-16)19(26)21-11-18(25)22-14-5-3-2-4-6-14/h2-9,16-17,23-24H,10-11H2,1H3,(H,21,26)(H,22,25). The average molecular weight is 356 g/mol. The van der Waals surface area contributed by atoms with Crippen molar-refractivity contribution in [3.63, 3.8) is 0 Å². The van der Waals surface area contributed by atoms with Crippen molar-refractivity contribution in [1.82, 2.24) is 16.2 Å². The van der Waals surface area contributed by atoms with Crippen LogP contribution < -0.4 is 21.5 Å². The maximum atomic E-state index is 13.4. The van der Waals surface area contributed by atoms with Crippen molar-refractivity contribution in [2.45, 2.75) is 25.4 Å². The molecule has 1 heterocycles. The number of rotatable bonds is 5. The highest BCUT2D eigenvalue weighted by atomic mass is 19.1. The molecule has 0 spiro atoms. The molecule has 3 rings (SSSR count). The summed E-state index contributed by atoms with van der Waals surface area (Å²) in [4.78, 5) is 24.1. The van der Waals surface area contributed by atoms with Gasteiger partial charge in [0.2, 0.25) is 11.8 Å². The molecule has 0 aliphatic carbocycles. The van der Waals surface area contributed by atoms with E-state index in [1.165, 1.54) is 6.07 Å². The van der Waals surface area contributed by atoms with Gasteiger partial charge in [-0.25, -0.2) is 15.2 Å². The van der Waals surface area contributed by atoms with E-state index in [1.807, 2.05) is 18.2 Å². The van der Waals surface area contributed by atoms with Gasteiger partial charge in [-0.15, -0.1) is 0 Å². The van der Waals surface area contributed by atoms with Crippen LogP contribution in [-0.4, -0.2) is 24.4 Å². The Morgan fingerprint density at radius 3 is 2.65 bits per heavy atom. The summed E-state index contributed by atoms with van der Waals surface area (Å²) in [5.74, 6) is -0.804. The number of aryl methyl sites for hydroxylation is 1. The summed E-state index contributed by atoms with van der Waals surface area (Å²) in [7, 11) is 0. The van der Waals surface area contributed by atoms with Gasteiger partial charge < -0.3 is 10.6 Å². The number of nitrogens with one attached hydrogen (secondary N) is 4. The lowest BCUT2D eigenvalue weighted by molar-refractivity contribution is -0.125. The molecule has 26 heavy (non-hydrogen) atoms. The zero-order chi connectivity index (χ0) is 18.5. The molecule has 0 bridgehead atoms. The largest absolute Gasteiger partial charge is 0.346 e. The molecule has 1 fully saturated rings. The van der Waals surface area contributed by atoms with E-state index < -0.39 is 6.04 Å². The van der Waals surface area contributed by atoms with Gasteiger partial charge in [0.05, 0.1) is 6.54 Å². The average Bonchev–Trinajstić information content (AvgIpc) is 3.13. The molecule has 6 nitrogen and oxygen atoms in total. The first-order valence-electron chi connectivity index (χ1n) is 8.42. The smallest absolute Gasteiger partial charge is 0.243 e. The highest BCUT2D eigenvalue weighted by molar-refractivity contribution is 5.95. The summed E-state index contributed by atoms with van der Waals surface area (Å²) in [6.07, 6.45) is 0.511. The minimum Gasteiger partial charge on any atom is -0.346 e. The van der Waals surface area contributed by atoms with Gasteiger partial charge in [0.1, 0.15) is 11.9 Å². The molecule has 7 heteroatoms. The van der Waals surface area contributed by atoms with Crippen molar-refractivity contribution in [3.05, 3.63) is 65.5 Å². The molecule has 2 aromatic rings. The van der Waals surface area contributed by atoms with E-state index in [9.17, 15) is 14.0 Å². The monoisotopic (exact) mass is 356 g/mol. The number of carbonyl (C=O) groups excluding carboxylic acids is 2. The second kappa shape index (κ2) is 8.07. The number of hydrogen-bond acceptors (Lipinski definition) is 4. The normalized spacial score (nSPS) is 19.2. The molecule has 0 radical (unpaired) electrons. The molecular weight excluding hydrogens is 335 g/mol. The van der Waals surface area contributed by atoms with E-state index in [0.29, 0.717) is 17.7 Å². The maximum Gasteiger partial charge on any atom is 0.243 e. The van der Waals surface area contributed by atoms with Gasteiger partial charge in [-0.05, 0) is 42.7 Å². The Kier molecular flexibility index (Phi) is 5.60. The van der Waals surface area contributed by atoms with Gasteiger partial charge >= 0.3 is 0 Å². The first-order chi connectivity index (χ1) is 12.5. The lowest BCUT2D eigenvalue weighted by atomic mass is 10.00. The van der Waals surface area contributed by atoms with Crippen molar-refractivity contribution in [2.24, 2.45) is 0 Å². The molecule has 2 atom stereocenters. The lowest BCUT2D eigenvalue weighted by Crippen LogP contribution is -2.45. The fourth-order valence-corrected chi connectivity index (χ4v) is 2.85. The lowest BCUT2D eigenvalue weighted by Gasteiger charge is -2.11. The van der Waals surface area contributed by atoms with Crippen LogP contribution in [0.4, 0.5) is 10.1 Å². The van der Waals surface area contributed by atoms with Crippen LogP contribution in [0.1, 0.15) is 23.6 Å². The van der Waals surface area contributed by atoms with Crippen LogP contribution in [0.25, 0.3) is 0 Å². The van der Waals surface area contributed by atoms with Gasteiger partial charge in [0.25, 0.3) is 0 Å². The molecule has 0 saturated carbocycles. The van der Waals surface area contributed by atoms with Gasteiger partial charge in [-0.1, -0.05) is 30.3 Å². The van der Waals surface area contributed by atoms with E-state index in [0.717, 1.165) is 5.56 Å². The predicted octanol–water partition coefficient (Wildman–Crippen LogP) is 1.80. The summed E-state index contributed by atoms with van der Waals surface area (Å²) in [5, 5.41) is 5.33. The van der Waals surface area contributed by atoms with Gasteiger partial charge in [0.15, 0.2) is 0 Å². The number of hydrogen-bond donors (Lipinski definition) is 4. The van der Waals surface area contributed by atoms with Gasteiger partial charge in [0, 0.05) is 11.7 Å². The number of anilines is 1. The van der Waals surface area contributed by atoms with Gasteiger partial charge in [-0.3, -0.25) is 9.59 Å². The highest BCUT2D eigenvalue weighted by Crippen LogP contribution is 2.24. The summed E-state index contributed by atoms with van der Waals surface area (Å²) in [5.41, 5.74) is 8.12. The van der Waals surface area contributed by atoms with E-state index in [1.54, 1.807) is 31.2 Å². The van der Waals surface area contributed by atoms with Crippen LogP contribution in [0.5, 0.6) is 0 Å². The van der Waals surface area contributed by atoms with Crippen molar-refractivity contribution >= 4 is 17.5 Å². The third kappa shape index (κ3) is 4.44. The van der Waals surface area contributed by atoms with E-state index in [2.05, 4.69) is 21.5 Å². The number of amides is 2. The maximum absolute atomic E-state index is 13.4. The molecule has 136 valence electrons. The van der Waals surface area contributed by atoms with Gasteiger partial charge in [-0.2, -0.15) is 0 Å². The SMILES string of the molecule is Cc1cc(C2CC(C(=O)NCC(=O)Nc3ccccc3)NN2)ccc1F. The van der Waals surface area contributed by atoms with Crippen molar-refractivity contribution in [1.29, 1.82) is 0 Å². The molecule has 2 amide bonds. The minimum atomic E-state index is -0.463. The zero-order valence-electron chi connectivity index (χ0n) is 14.4. The van der Waals surface area contributed by atoms with Crippen molar-refractivity contribution < 1.29 is 14.0 Å². The second-order valence-corrected chi connectivity index (χ2v) is 6.27. The highest BCUT2D eigenvalue weighted by Gasteiger charge is 2.30. The fourth-order valence-electron chi connectivity index (χ4n) is 2.85. The number of carbonyl (C=O) groups is 2. The molecule has 2 unspecified atom stereocenters. The summed E-state index contributed by atoms with van der Waals surface area (Å²) >= 11 is 0. The number of benzene rings is 2. The Morgan fingerprint density at radius 1 is 1.15 bits per heavy atom. The van der Waals surface area contributed by atoms with Crippen molar-refractivity contribution in [3.8, 4) is 0 Å². The Balaban J connectivity index is 1.48. The first-order valence-corrected chi connectivity index (χ1v) is 8.42. The minimum absolute atomic E-state index is 0.0943. The van der Waals surface area contributed by atoms with E-state index in [4.69, 9.17) is 0 Å². The number of halogens is 1. The molecular formula is C19H21FN4O2. The molecule has 1 aliphatic rings. The fraction of sp³-hybridized carbons (Fsp3) is 0.263. The van der Waals surface area contributed by atoms with Crippen LogP contribution >= 0.6 is 0 Å². The molecule has 1 saturated heterocycles. The first kappa shape index (κ1) is 18.0. The quantitative estimate of drug-likeness (QED) is 0.658. The summed E-state index contributed by atoms with van der Waals surface area (Å²) in [6.45, 7) is 1.60. The van der Waals surface area contributed by atoms with E-state index >= 15 is 0 Å². The third-order valence-corrected chi connectivity index (χ3v) is 4.28. The molecule has 2 aromatic carbocycles. The molecule has 4 N–H and O–H groups in total. The molecule has 0 aromatic heterocycles.